The van der Waals surface area contributed by atoms with Crippen molar-refractivity contribution in [3.63, 3.8) is 0 Å². The van der Waals surface area contributed by atoms with Crippen LogP contribution in [0.25, 0.3) is 11.6 Å². The van der Waals surface area contributed by atoms with Gasteiger partial charge in [0.05, 0.1) is 6.26 Å². The van der Waals surface area contributed by atoms with Crippen LogP contribution in [0, 0.1) is 0 Å². The van der Waals surface area contributed by atoms with Crippen molar-refractivity contribution in [2.45, 2.75) is 13.0 Å². The van der Waals surface area contributed by atoms with Crippen molar-refractivity contribution < 1.29 is 14.3 Å². The Morgan fingerprint density at radius 1 is 1.67 bits per heavy atom. The van der Waals surface area contributed by atoms with Crippen molar-refractivity contribution in [3.8, 4) is 11.6 Å². The lowest BCUT2D eigenvalue weighted by molar-refractivity contribution is -0.141. The zero-order valence-electron chi connectivity index (χ0n) is 7.86. The maximum atomic E-state index is 10.6. The second-order valence-electron chi connectivity index (χ2n) is 2.92. The average Bonchev–Trinajstić information content (AvgIpc) is 2.86. The van der Waals surface area contributed by atoms with Crippen molar-refractivity contribution in [3.05, 3.63) is 18.4 Å². The summed E-state index contributed by atoms with van der Waals surface area (Å²) in [5.41, 5.74) is 0. The van der Waals surface area contributed by atoms with Crippen LogP contribution in [0.4, 0.5) is 0 Å². The summed E-state index contributed by atoms with van der Waals surface area (Å²) in [5.74, 6) is -0.287. The van der Waals surface area contributed by atoms with Crippen molar-refractivity contribution in [1.82, 2.24) is 20.2 Å². The summed E-state index contributed by atoms with van der Waals surface area (Å²) in [4.78, 5) is 11.7. The van der Waals surface area contributed by atoms with Crippen LogP contribution in [-0.4, -0.2) is 31.3 Å². The zero-order valence-corrected chi connectivity index (χ0v) is 7.86. The highest BCUT2D eigenvalue weighted by atomic mass is 16.4. The van der Waals surface area contributed by atoms with E-state index in [-0.39, 0.29) is 5.82 Å². The molecule has 1 atom stereocenters. The Morgan fingerprint density at radius 3 is 3.07 bits per heavy atom. The van der Waals surface area contributed by atoms with Crippen LogP contribution in [0.1, 0.15) is 13.0 Å². The van der Waals surface area contributed by atoms with E-state index >= 15 is 0 Å². The molecule has 7 heteroatoms. The molecule has 2 heterocycles. The number of nitrogens with zero attached hydrogens (tertiary/aromatic N) is 4. The molecule has 7 nitrogen and oxygen atoms in total. The third kappa shape index (κ3) is 1.71. The summed E-state index contributed by atoms with van der Waals surface area (Å²) >= 11 is 0. The van der Waals surface area contributed by atoms with E-state index in [1.54, 1.807) is 12.1 Å². The topological polar surface area (TPSA) is 94.0 Å². The Labute approximate surface area is 84.3 Å². The Kier molecular flexibility index (Phi) is 2.20. The van der Waals surface area contributed by atoms with Crippen LogP contribution < -0.4 is 0 Å². The highest BCUT2D eigenvalue weighted by Gasteiger charge is 2.17. The molecule has 0 aliphatic carbocycles. The quantitative estimate of drug-likeness (QED) is 0.792. The molecule has 0 fully saturated rings. The maximum Gasteiger partial charge on any atom is 0.330 e. The molecule has 2 aromatic rings. The van der Waals surface area contributed by atoms with E-state index < -0.39 is 12.0 Å². The van der Waals surface area contributed by atoms with Crippen molar-refractivity contribution in [2.75, 3.05) is 0 Å². The molecule has 0 amide bonds. The number of carboxylic acid groups (broad SMARTS) is 1. The van der Waals surface area contributed by atoms with Crippen LogP contribution in [0.2, 0.25) is 0 Å². The molecule has 0 aromatic carbocycles. The molecule has 2 aromatic heterocycles. The summed E-state index contributed by atoms with van der Waals surface area (Å²) < 4.78 is 5.05. The summed E-state index contributed by atoms with van der Waals surface area (Å²) in [6.45, 7) is 1.47. The van der Waals surface area contributed by atoms with Gasteiger partial charge in [-0.2, -0.15) is 0 Å². The first-order valence-corrected chi connectivity index (χ1v) is 4.24. The first-order chi connectivity index (χ1) is 7.18. The molecule has 78 valence electrons. The van der Waals surface area contributed by atoms with Crippen molar-refractivity contribution >= 4 is 5.97 Å². The summed E-state index contributed by atoms with van der Waals surface area (Å²) in [7, 11) is 0. The minimum absolute atomic E-state index is 0.271. The van der Waals surface area contributed by atoms with Gasteiger partial charge in [-0.25, -0.2) is 4.79 Å². The largest absolute Gasteiger partial charge is 0.480 e. The Balaban J connectivity index is 2.28. The molecule has 2 rings (SSSR count). The smallest absolute Gasteiger partial charge is 0.330 e. The molecular weight excluding hydrogens is 200 g/mol. The van der Waals surface area contributed by atoms with Gasteiger partial charge in [0.25, 0.3) is 0 Å². The van der Waals surface area contributed by atoms with Gasteiger partial charge in [0.2, 0.25) is 5.82 Å². The van der Waals surface area contributed by atoms with Crippen LogP contribution in [0.5, 0.6) is 0 Å². The van der Waals surface area contributed by atoms with Gasteiger partial charge < -0.3 is 9.52 Å². The molecule has 0 radical (unpaired) electrons. The SMILES string of the molecule is C[C@H](C(=O)O)n1nnc(-c2ccco2)n1. The van der Waals surface area contributed by atoms with E-state index in [2.05, 4.69) is 15.4 Å². The van der Waals surface area contributed by atoms with Gasteiger partial charge in [0.15, 0.2) is 11.8 Å². The van der Waals surface area contributed by atoms with E-state index in [0.29, 0.717) is 5.76 Å². The van der Waals surface area contributed by atoms with Gasteiger partial charge in [-0.15, -0.1) is 15.0 Å². The molecule has 0 spiro atoms. The molecule has 0 aliphatic rings. The fraction of sp³-hybridized carbons (Fsp3) is 0.250. The lowest BCUT2D eigenvalue weighted by Crippen LogP contribution is -2.18. The fourth-order valence-electron chi connectivity index (χ4n) is 0.992. The number of hydrogen-bond donors (Lipinski definition) is 1. The van der Waals surface area contributed by atoms with Gasteiger partial charge in [-0.1, -0.05) is 0 Å². The van der Waals surface area contributed by atoms with Crippen LogP contribution in [0.15, 0.2) is 22.8 Å². The number of tetrazole rings is 1. The number of aliphatic carboxylic acids is 1. The summed E-state index contributed by atoms with van der Waals surface area (Å²) in [6, 6.07) is 2.52. The Morgan fingerprint density at radius 2 is 2.47 bits per heavy atom. The van der Waals surface area contributed by atoms with E-state index in [4.69, 9.17) is 9.52 Å². The molecule has 1 N–H and O–H groups in total. The predicted octanol–water partition coefficient (Wildman–Crippen LogP) is 0.579. The third-order valence-corrected chi connectivity index (χ3v) is 1.87. The monoisotopic (exact) mass is 208 g/mol. The van der Waals surface area contributed by atoms with E-state index in [1.165, 1.54) is 13.2 Å². The third-order valence-electron chi connectivity index (χ3n) is 1.87. The number of carbonyl (C=O) groups is 1. The number of rotatable bonds is 3. The normalized spacial score (nSPS) is 12.6. The summed E-state index contributed by atoms with van der Waals surface area (Å²) in [5, 5.41) is 19.9. The molecule has 0 bridgehead atoms. The molecule has 0 saturated heterocycles. The van der Waals surface area contributed by atoms with Crippen molar-refractivity contribution in [1.29, 1.82) is 0 Å². The van der Waals surface area contributed by atoms with Crippen LogP contribution >= 0.6 is 0 Å². The predicted molar refractivity (Wildman–Crippen MR) is 47.9 cm³/mol. The standard InChI is InChI=1S/C8H8N4O3/c1-5(8(13)14)12-10-7(9-11-12)6-3-2-4-15-6/h2-5H,1H3,(H,13,14)/t5-/m1/s1. The number of aromatic nitrogens is 4. The van der Waals surface area contributed by atoms with Gasteiger partial charge >= 0.3 is 5.97 Å². The maximum absolute atomic E-state index is 10.6. The lowest BCUT2D eigenvalue weighted by atomic mass is 10.4. The first kappa shape index (κ1) is 9.38. The highest BCUT2D eigenvalue weighted by molar-refractivity contribution is 5.70. The molecule has 15 heavy (non-hydrogen) atoms. The second-order valence-corrected chi connectivity index (χ2v) is 2.92. The van der Waals surface area contributed by atoms with Crippen LogP contribution in [0.3, 0.4) is 0 Å². The Hall–Kier alpha value is -2.18. The molecule has 0 aliphatic heterocycles. The zero-order chi connectivity index (χ0) is 10.8. The molecule has 0 saturated carbocycles. The number of carboxylic acids is 1. The van der Waals surface area contributed by atoms with E-state index in [1.807, 2.05) is 0 Å². The first-order valence-electron chi connectivity index (χ1n) is 4.24. The fourth-order valence-corrected chi connectivity index (χ4v) is 0.992. The van der Waals surface area contributed by atoms with Crippen LogP contribution in [-0.2, 0) is 4.79 Å². The van der Waals surface area contributed by atoms with Gasteiger partial charge in [0.1, 0.15) is 0 Å². The van der Waals surface area contributed by atoms with Crippen molar-refractivity contribution in [2.24, 2.45) is 0 Å². The summed E-state index contributed by atoms with van der Waals surface area (Å²) in [6.07, 6.45) is 1.48. The van der Waals surface area contributed by atoms with Gasteiger partial charge in [0, 0.05) is 0 Å². The average molecular weight is 208 g/mol. The highest BCUT2D eigenvalue weighted by Crippen LogP contribution is 2.14. The lowest BCUT2D eigenvalue weighted by Gasteiger charge is -2.01. The molecular formula is C8H8N4O3. The minimum atomic E-state index is -1.02. The number of hydrogen-bond acceptors (Lipinski definition) is 5. The number of furan rings is 1. The Bertz CT molecular complexity index is 462. The molecule has 0 unspecified atom stereocenters. The van der Waals surface area contributed by atoms with Gasteiger partial charge in [-0.3, -0.25) is 0 Å². The van der Waals surface area contributed by atoms with E-state index in [9.17, 15) is 4.79 Å². The minimum Gasteiger partial charge on any atom is -0.480 e. The second kappa shape index (κ2) is 3.52. The van der Waals surface area contributed by atoms with E-state index in [0.717, 1.165) is 4.80 Å². The van der Waals surface area contributed by atoms with Gasteiger partial charge in [-0.05, 0) is 24.3 Å².